The van der Waals surface area contributed by atoms with E-state index in [4.69, 9.17) is 0 Å². The van der Waals surface area contributed by atoms with Crippen molar-refractivity contribution in [2.75, 3.05) is 11.5 Å². The lowest BCUT2D eigenvalue weighted by Gasteiger charge is -2.26. The van der Waals surface area contributed by atoms with Crippen LogP contribution in [0.3, 0.4) is 0 Å². The van der Waals surface area contributed by atoms with Crippen LogP contribution in [-0.4, -0.2) is 23.5 Å². The van der Waals surface area contributed by atoms with Crippen LogP contribution in [0.1, 0.15) is 19.3 Å². The van der Waals surface area contributed by atoms with Gasteiger partial charge in [0.05, 0.1) is 0 Å². The smallest absolute Gasteiger partial charge is 0.123 e. The van der Waals surface area contributed by atoms with E-state index < -0.39 is 5.67 Å². The molecule has 0 bridgehead atoms. The SMILES string of the molecule is O=CCC1(F)CCSCC1. The second-order valence-corrected chi connectivity index (χ2v) is 3.86. The summed E-state index contributed by atoms with van der Waals surface area (Å²) in [6, 6.07) is 0. The molecule has 0 unspecified atom stereocenters. The first-order chi connectivity index (χ1) is 4.77. The predicted octanol–water partition coefficient (Wildman–Crippen LogP) is 1.81. The van der Waals surface area contributed by atoms with Crippen molar-refractivity contribution >= 4 is 18.0 Å². The number of hydrogen-bond acceptors (Lipinski definition) is 2. The van der Waals surface area contributed by atoms with E-state index in [0.29, 0.717) is 19.1 Å². The van der Waals surface area contributed by atoms with Gasteiger partial charge in [0.1, 0.15) is 12.0 Å². The highest BCUT2D eigenvalue weighted by Gasteiger charge is 2.31. The van der Waals surface area contributed by atoms with Gasteiger partial charge >= 0.3 is 0 Å². The fourth-order valence-electron chi connectivity index (χ4n) is 1.09. The van der Waals surface area contributed by atoms with Crippen molar-refractivity contribution in [2.24, 2.45) is 0 Å². The molecule has 0 saturated carbocycles. The minimum atomic E-state index is -1.16. The van der Waals surface area contributed by atoms with E-state index in [9.17, 15) is 9.18 Å². The van der Waals surface area contributed by atoms with Crippen molar-refractivity contribution in [2.45, 2.75) is 24.9 Å². The fourth-order valence-corrected chi connectivity index (χ4v) is 2.32. The van der Waals surface area contributed by atoms with Gasteiger partial charge in [-0.2, -0.15) is 11.8 Å². The Bertz CT molecular complexity index is 121. The summed E-state index contributed by atoms with van der Waals surface area (Å²) < 4.78 is 13.3. The highest BCUT2D eigenvalue weighted by Crippen LogP contribution is 2.32. The molecule has 0 aromatic rings. The minimum absolute atomic E-state index is 0.0908. The number of carbonyl (C=O) groups is 1. The zero-order valence-electron chi connectivity index (χ0n) is 5.81. The Kier molecular flexibility index (Phi) is 2.72. The van der Waals surface area contributed by atoms with Crippen LogP contribution >= 0.6 is 11.8 Å². The number of alkyl halides is 1. The number of carbonyl (C=O) groups excluding carboxylic acids is 1. The van der Waals surface area contributed by atoms with Gasteiger partial charge in [-0.25, -0.2) is 4.39 Å². The van der Waals surface area contributed by atoms with E-state index >= 15 is 0 Å². The number of thioether (sulfide) groups is 1. The molecule has 0 aromatic heterocycles. The summed E-state index contributed by atoms with van der Waals surface area (Å²) in [7, 11) is 0. The van der Waals surface area contributed by atoms with Gasteiger partial charge in [-0.1, -0.05) is 0 Å². The number of aldehydes is 1. The highest BCUT2D eigenvalue weighted by atomic mass is 32.2. The molecule has 0 aromatic carbocycles. The maximum absolute atomic E-state index is 13.3. The first kappa shape index (κ1) is 8.05. The molecule has 1 aliphatic rings. The Hall–Kier alpha value is -0.0500. The Morgan fingerprint density at radius 2 is 2.10 bits per heavy atom. The summed E-state index contributed by atoms with van der Waals surface area (Å²) in [5.41, 5.74) is -1.16. The van der Waals surface area contributed by atoms with Gasteiger partial charge in [0.25, 0.3) is 0 Å². The van der Waals surface area contributed by atoms with Gasteiger partial charge in [-0.05, 0) is 24.3 Å². The zero-order chi connectivity index (χ0) is 7.45. The lowest BCUT2D eigenvalue weighted by Crippen LogP contribution is -2.28. The Balaban J connectivity index is 2.39. The van der Waals surface area contributed by atoms with Gasteiger partial charge in [0, 0.05) is 6.42 Å². The third-order valence-electron chi connectivity index (χ3n) is 1.84. The molecule has 1 fully saturated rings. The fraction of sp³-hybridized carbons (Fsp3) is 0.857. The summed E-state index contributed by atoms with van der Waals surface area (Å²) in [5, 5.41) is 0. The van der Waals surface area contributed by atoms with Gasteiger partial charge in [-0.15, -0.1) is 0 Å². The lowest BCUT2D eigenvalue weighted by molar-refractivity contribution is -0.110. The summed E-state index contributed by atoms with van der Waals surface area (Å²) in [6.07, 6.45) is 1.89. The van der Waals surface area contributed by atoms with Gasteiger partial charge in [0.15, 0.2) is 0 Å². The van der Waals surface area contributed by atoms with Crippen LogP contribution in [-0.2, 0) is 4.79 Å². The van der Waals surface area contributed by atoms with E-state index in [-0.39, 0.29) is 6.42 Å². The van der Waals surface area contributed by atoms with Crippen LogP contribution in [0.5, 0.6) is 0 Å². The van der Waals surface area contributed by atoms with Crippen LogP contribution < -0.4 is 0 Å². The molecule has 1 aliphatic heterocycles. The molecule has 10 heavy (non-hydrogen) atoms. The lowest BCUT2D eigenvalue weighted by atomic mass is 9.96. The first-order valence-electron chi connectivity index (χ1n) is 3.47. The van der Waals surface area contributed by atoms with Crippen LogP contribution in [0.2, 0.25) is 0 Å². The zero-order valence-corrected chi connectivity index (χ0v) is 6.62. The maximum atomic E-state index is 13.3. The number of halogens is 1. The number of hydrogen-bond donors (Lipinski definition) is 0. The average molecular weight is 162 g/mol. The topological polar surface area (TPSA) is 17.1 Å². The largest absolute Gasteiger partial charge is 0.303 e. The third kappa shape index (κ3) is 1.97. The van der Waals surface area contributed by atoms with Crippen LogP contribution in [0, 0.1) is 0 Å². The van der Waals surface area contributed by atoms with Crippen molar-refractivity contribution < 1.29 is 9.18 Å². The van der Waals surface area contributed by atoms with E-state index in [1.807, 2.05) is 0 Å². The molecule has 0 N–H and O–H groups in total. The van der Waals surface area contributed by atoms with Crippen molar-refractivity contribution in [3.8, 4) is 0 Å². The standard InChI is InChI=1S/C7H11FOS/c8-7(1-4-9)2-5-10-6-3-7/h4H,1-3,5-6H2. The molecule has 0 aliphatic carbocycles. The Morgan fingerprint density at radius 1 is 1.50 bits per heavy atom. The molecule has 1 heterocycles. The van der Waals surface area contributed by atoms with Crippen molar-refractivity contribution in [1.29, 1.82) is 0 Å². The second-order valence-electron chi connectivity index (χ2n) is 2.63. The summed E-state index contributed by atoms with van der Waals surface area (Å²) in [5.74, 6) is 1.73. The van der Waals surface area contributed by atoms with Crippen molar-refractivity contribution in [3.63, 3.8) is 0 Å². The molecular formula is C7H11FOS. The molecule has 0 atom stereocenters. The molecule has 1 rings (SSSR count). The van der Waals surface area contributed by atoms with Crippen LogP contribution in [0.15, 0.2) is 0 Å². The Morgan fingerprint density at radius 3 is 2.60 bits per heavy atom. The van der Waals surface area contributed by atoms with Crippen molar-refractivity contribution in [1.82, 2.24) is 0 Å². The number of rotatable bonds is 2. The quantitative estimate of drug-likeness (QED) is 0.576. The second kappa shape index (κ2) is 3.37. The molecule has 58 valence electrons. The van der Waals surface area contributed by atoms with Crippen LogP contribution in [0.25, 0.3) is 0 Å². The van der Waals surface area contributed by atoms with Crippen LogP contribution in [0.4, 0.5) is 4.39 Å². The van der Waals surface area contributed by atoms with E-state index in [2.05, 4.69) is 0 Å². The molecule has 1 nitrogen and oxygen atoms in total. The highest BCUT2D eigenvalue weighted by molar-refractivity contribution is 7.99. The summed E-state index contributed by atoms with van der Waals surface area (Å²) in [4.78, 5) is 10.0. The minimum Gasteiger partial charge on any atom is -0.303 e. The normalized spacial score (nSPS) is 24.1. The van der Waals surface area contributed by atoms with E-state index in [0.717, 1.165) is 11.5 Å². The molecule has 0 spiro atoms. The first-order valence-corrected chi connectivity index (χ1v) is 4.63. The molecule has 3 heteroatoms. The predicted molar refractivity (Wildman–Crippen MR) is 41.1 cm³/mol. The summed E-state index contributed by atoms with van der Waals surface area (Å²) in [6.45, 7) is 0. The average Bonchev–Trinajstić information content (AvgIpc) is 1.89. The molecule has 1 saturated heterocycles. The monoisotopic (exact) mass is 162 g/mol. The maximum Gasteiger partial charge on any atom is 0.123 e. The molecule has 0 radical (unpaired) electrons. The Labute approximate surface area is 64.4 Å². The van der Waals surface area contributed by atoms with Gasteiger partial charge < -0.3 is 4.79 Å². The van der Waals surface area contributed by atoms with E-state index in [1.54, 1.807) is 11.8 Å². The summed E-state index contributed by atoms with van der Waals surface area (Å²) >= 11 is 1.77. The van der Waals surface area contributed by atoms with E-state index in [1.165, 1.54) is 0 Å². The van der Waals surface area contributed by atoms with Gasteiger partial charge in [-0.3, -0.25) is 0 Å². The van der Waals surface area contributed by atoms with Crippen molar-refractivity contribution in [3.05, 3.63) is 0 Å². The van der Waals surface area contributed by atoms with Gasteiger partial charge in [0.2, 0.25) is 0 Å². The molecular weight excluding hydrogens is 151 g/mol. The third-order valence-corrected chi connectivity index (χ3v) is 2.82. The molecule has 0 amide bonds.